The molecule has 0 unspecified atom stereocenters. The van der Waals surface area contributed by atoms with Crippen molar-refractivity contribution in [3.05, 3.63) is 66.2 Å². The van der Waals surface area contributed by atoms with Crippen LogP contribution in [0, 0.1) is 6.92 Å². The van der Waals surface area contributed by atoms with Crippen LogP contribution in [-0.2, 0) is 21.7 Å². The second-order valence-corrected chi connectivity index (χ2v) is 11.0. The van der Waals surface area contributed by atoms with Crippen molar-refractivity contribution in [1.82, 2.24) is 9.55 Å². The number of imidazole rings is 1. The molecule has 0 N–H and O–H groups in total. The molecule has 3 aromatic carbocycles. The summed E-state index contributed by atoms with van der Waals surface area (Å²) in [5.41, 5.74) is 7.31. The Labute approximate surface area is 199 Å². The van der Waals surface area contributed by atoms with E-state index in [1.807, 2.05) is 7.05 Å². The number of anilines is 1. The fraction of sp³-hybridized carbons (Fsp3) is 0.259. The van der Waals surface area contributed by atoms with E-state index in [1.54, 1.807) is 24.3 Å². The zero-order chi connectivity index (χ0) is 24.0. The molecule has 1 saturated heterocycles. The van der Waals surface area contributed by atoms with Crippen molar-refractivity contribution in [2.75, 3.05) is 24.2 Å². The molecular formula is C27H27N3O3S. The number of aryl methyl sites for hydroxylation is 2. The zero-order valence-electron chi connectivity index (χ0n) is 19.6. The second-order valence-electron chi connectivity index (χ2n) is 9.02. The van der Waals surface area contributed by atoms with E-state index in [9.17, 15) is 13.2 Å². The SMILES string of the molecule is Cc1cc(-c2ccc(N3CCC(=O)CC3)cc2)cc2c1nc(-c1ccc(S(C)(=O)=O)cc1)n2C. The summed E-state index contributed by atoms with van der Waals surface area (Å²) in [6.45, 7) is 3.63. The topological polar surface area (TPSA) is 72.3 Å². The number of fused-ring (bicyclic) bond motifs is 1. The molecule has 1 fully saturated rings. The molecule has 5 rings (SSSR count). The number of carbonyl (C=O) groups excluding carboxylic acids is 1. The Morgan fingerprint density at radius 3 is 2.09 bits per heavy atom. The molecule has 2 heterocycles. The van der Waals surface area contributed by atoms with Crippen LogP contribution in [0.5, 0.6) is 0 Å². The lowest BCUT2D eigenvalue weighted by Crippen LogP contribution is -2.33. The minimum absolute atomic E-state index is 0.299. The van der Waals surface area contributed by atoms with Gasteiger partial charge >= 0.3 is 0 Å². The molecule has 1 aromatic heterocycles. The number of nitrogens with zero attached hydrogens (tertiary/aromatic N) is 3. The van der Waals surface area contributed by atoms with Crippen LogP contribution in [0.4, 0.5) is 5.69 Å². The highest BCUT2D eigenvalue weighted by Crippen LogP contribution is 2.32. The summed E-state index contributed by atoms with van der Waals surface area (Å²) in [5, 5.41) is 0. The zero-order valence-corrected chi connectivity index (χ0v) is 20.4. The number of hydrogen-bond acceptors (Lipinski definition) is 5. The molecule has 6 nitrogen and oxygen atoms in total. The number of aromatic nitrogens is 2. The molecule has 7 heteroatoms. The molecule has 4 aromatic rings. The average molecular weight is 474 g/mol. The predicted molar refractivity (Wildman–Crippen MR) is 136 cm³/mol. The standard InChI is InChI=1S/C27H27N3O3S/c1-18-16-21(19-4-8-22(9-5-19)30-14-12-23(31)13-15-30)17-25-26(18)28-27(29(25)2)20-6-10-24(11-7-20)34(3,32)33/h4-11,16-17H,12-15H2,1-3H3. The highest BCUT2D eigenvalue weighted by Gasteiger charge is 2.17. The van der Waals surface area contributed by atoms with Crippen LogP contribution in [0.1, 0.15) is 18.4 Å². The van der Waals surface area contributed by atoms with Gasteiger partial charge in [-0.25, -0.2) is 13.4 Å². The van der Waals surface area contributed by atoms with Gasteiger partial charge in [-0.3, -0.25) is 4.79 Å². The Morgan fingerprint density at radius 1 is 0.853 bits per heavy atom. The van der Waals surface area contributed by atoms with Gasteiger partial charge in [0.05, 0.1) is 15.9 Å². The third-order valence-corrected chi connectivity index (χ3v) is 7.73. The van der Waals surface area contributed by atoms with Crippen LogP contribution >= 0.6 is 0 Å². The van der Waals surface area contributed by atoms with Gasteiger partial charge in [-0.2, -0.15) is 0 Å². The van der Waals surface area contributed by atoms with E-state index in [0.717, 1.165) is 57.9 Å². The summed E-state index contributed by atoms with van der Waals surface area (Å²) in [4.78, 5) is 19.0. The summed E-state index contributed by atoms with van der Waals surface area (Å²) in [5.74, 6) is 1.14. The van der Waals surface area contributed by atoms with Crippen LogP contribution in [0.3, 0.4) is 0 Å². The minimum atomic E-state index is -3.24. The highest BCUT2D eigenvalue weighted by molar-refractivity contribution is 7.90. The van der Waals surface area contributed by atoms with Crippen molar-refractivity contribution in [1.29, 1.82) is 0 Å². The smallest absolute Gasteiger partial charge is 0.175 e. The van der Waals surface area contributed by atoms with Gasteiger partial charge in [-0.05, 0) is 72.1 Å². The lowest BCUT2D eigenvalue weighted by atomic mass is 10.0. The first-order valence-corrected chi connectivity index (χ1v) is 13.2. The molecule has 0 amide bonds. The van der Waals surface area contributed by atoms with Crippen molar-refractivity contribution in [3.8, 4) is 22.5 Å². The van der Waals surface area contributed by atoms with Gasteiger partial charge in [-0.15, -0.1) is 0 Å². The number of sulfone groups is 1. The summed E-state index contributed by atoms with van der Waals surface area (Å²) in [6, 6.07) is 19.7. The lowest BCUT2D eigenvalue weighted by Gasteiger charge is -2.28. The number of Topliss-reactive ketones (excluding diaryl/α,β-unsaturated/α-hetero) is 1. The molecule has 0 saturated carbocycles. The maximum absolute atomic E-state index is 11.8. The quantitative estimate of drug-likeness (QED) is 0.426. The molecule has 0 atom stereocenters. The fourth-order valence-corrected chi connectivity index (χ4v) is 5.24. The van der Waals surface area contributed by atoms with Crippen LogP contribution in [0.15, 0.2) is 65.6 Å². The Morgan fingerprint density at radius 2 is 1.47 bits per heavy atom. The van der Waals surface area contributed by atoms with E-state index < -0.39 is 9.84 Å². The first kappa shape index (κ1) is 22.3. The molecule has 0 spiro atoms. The number of rotatable bonds is 4. The average Bonchev–Trinajstić information content (AvgIpc) is 3.16. The summed E-state index contributed by atoms with van der Waals surface area (Å²) >= 11 is 0. The van der Waals surface area contributed by atoms with E-state index in [-0.39, 0.29) is 0 Å². The van der Waals surface area contributed by atoms with Gasteiger partial charge in [0.2, 0.25) is 0 Å². The summed E-state index contributed by atoms with van der Waals surface area (Å²) in [6.07, 6.45) is 2.46. The number of benzene rings is 3. The third-order valence-electron chi connectivity index (χ3n) is 6.60. The Kier molecular flexibility index (Phi) is 5.52. The van der Waals surface area contributed by atoms with Crippen LogP contribution in [-0.4, -0.2) is 43.1 Å². The largest absolute Gasteiger partial charge is 0.371 e. The first-order chi connectivity index (χ1) is 16.2. The highest BCUT2D eigenvalue weighted by atomic mass is 32.2. The van der Waals surface area contributed by atoms with Gasteiger partial charge in [0, 0.05) is 50.5 Å². The Hall–Kier alpha value is -3.45. The number of hydrogen-bond donors (Lipinski definition) is 0. The van der Waals surface area contributed by atoms with Crippen LogP contribution in [0.25, 0.3) is 33.5 Å². The van der Waals surface area contributed by atoms with E-state index in [2.05, 4.69) is 52.8 Å². The van der Waals surface area contributed by atoms with Crippen molar-refractivity contribution < 1.29 is 13.2 Å². The number of piperidine rings is 1. The van der Waals surface area contributed by atoms with E-state index in [4.69, 9.17) is 4.98 Å². The van der Waals surface area contributed by atoms with Crippen molar-refractivity contribution in [2.24, 2.45) is 7.05 Å². The Bertz CT molecular complexity index is 1490. The number of carbonyl (C=O) groups is 1. The van der Waals surface area contributed by atoms with Crippen molar-refractivity contribution >= 4 is 32.3 Å². The van der Waals surface area contributed by atoms with Gasteiger partial charge in [0.1, 0.15) is 11.6 Å². The van der Waals surface area contributed by atoms with Gasteiger partial charge < -0.3 is 9.47 Å². The van der Waals surface area contributed by atoms with Crippen LogP contribution < -0.4 is 4.90 Å². The maximum atomic E-state index is 11.8. The van der Waals surface area contributed by atoms with Crippen molar-refractivity contribution in [2.45, 2.75) is 24.7 Å². The van der Waals surface area contributed by atoms with Crippen molar-refractivity contribution in [3.63, 3.8) is 0 Å². The fourth-order valence-electron chi connectivity index (χ4n) is 4.61. The maximum Gasteiger partial charge on any atom is 0.175 e. The monoisotopic (exact) mass is 473 g/mol. The van der Waals surface area contributed by atoms with Gasteiger partial charge in [0.15, 0.2) is 9.84 Å². The number of ketones is 1. The summed E-state index contributed by atoms with van der Waals surface area (Å²) in [7, 11) is -1.25. The Balaban J connectivity index is 1.48. The molecule has 0 bridgehead atoms. The van der Waals surface area contributed by atoms with Gasteiger partial charge in [-0.1, -0.05) is 12.1 Å². The van der Waals surface area contributed by atoms with E-state index in [1.165, 1.54) is 6.26 Å². The minimum Gasteiger partial charge on any atom is -0.371 e. The molecule has 0 radical (unpaired) electrons. The third kappa shape index (κ3) is 4.12. The lowest BCUT2D eigenvalue weighted by molar-refractivity contribution is -0.119. The van der Waals surface area contributed by atoms with Gasteiger partial charge in [0.25, 0.3) is 0 Å². The summed E-state index contributed by atoms with van der Waals surface area (Å²) < 4.78 is 25.6. The molecule has 174 valence electrons. The molecule has 34 heavy (non-hydrogen) atoms. The van der Waals surface area contributed by atoms with Crippen LogP contribution in [0.2, 0.25) is 0 Å². The molecular weight excluding hydrogens is 446 g/mol. The first-order valence-electron chi connectivity index (χ1n) is 11.4. The normalized spacial score (nSPS) is 14.7. The second kappa shape index (κ2) is 8.40. The molecule has 1 aliphatic heterocycles. The van der Waals surface area contributed by atoms with E-state index in [0.29, 0.717) is 23.5 Å². The molecule has 0 aliphatic carbocycles. The predicted octanol–water partition coefficient (Wildman–Crippen LogP) is 4.79. The molecule has 1 aliphatic rings. The van der Waals surface area contributed by atoms with E-state index >= 15 is 0 Å².